The molecular formula is C16H20N4O2. The maximum atomic E-state index is 11.9. The number of aromatic nitrogens is 2. The highest BCUT2D eigenvalue weighted by molar-refractivity contribution is 5.93. The molecule has 0 fully saturated rings. The maximum absolute atomic E-state index is 11.9. The molecular weight excluding hydrogens is 280 g/mol. The van der Waals surface area contributed by atoms with Gasteiger partial charge in [0.2, 0.25) is 5.91 Å². The number of nitrogens with one attached hydrogen (secondary N) is 1. The van der Waals surface area contributed by atoms with Gasteiger partial charge in [-0.2, -0.15) is 0 Å². The minimum atomic E-state index is 0.0943. The van der Waals surface area contributed by atoms with Crippen LogP contribution < -0.4 is 14.5 Å². The van der Waals surface area contributed by atoms with E-state index in [1.807, 2.05) is 31.3 Å². The fourth-order valence-corrected chi connectivity index (χ4v) is 2.59. The predicted molar refractivity (Wildman–Crippen MR) is 85.3 cm³/mol. The number of rotatable bonds is 4. The van der Waals surface area contributed by atoms with E-state index in [1.165, 1.54) is 0 Å². The van der Waals surface area contributed by atoms with Crippen molar-refractivity contribution in [2.24, 2.45) is 0 Å². The maximum Gasteiger partial charge on any atom is 0.226 e. The number of aromatic amines is 1. The van der Waals surface area contributed by atoms with Crippen molar-refractivity contribution in [2.75, 3.05) is 30.0 Å². The van der Waals surface area contributed by atoms with Gasteiger partial charge < -0.3 is 19.5 Å². The molecule has 1 aliphatic heterocycles. The number of nitrogens with zero attached hydrogens (tertiary/aromatic N) is 3. The summed E-state index contributed by atoms with van der Waals surface area (Å²) >= 11 is 0. The average molecular weight is 300 g/mol. The fraction of sp³-hybridized carbons (Fsp3) is 0.375. The molecule has 0 unspecified atom stereocenters. The topological polar surface area (TPSA) is 61.5 Å². The number of amides is 1. The lowest BCUT2D eigenvalue weighted by atomic mass is 10.2. The molecule has 1 N–H and O–H groups in total. The Morgan fingerprint density at radius 1 is 1.50 bits per heavy atom. The van der Waals surface area contributed by atoms with Gasteiger partial charge in [-0.3, -0.25) is 4.79 Å². The SMILES string of the molecule is CCC(=O)N(C)c1ccc2c(c1)N(Cc1cnc[nH]1)CCO2. The molecule has 1 aliphatic rings. The normalized spacial score (nSPS) is 13.5. The standard InChI is InChI=1S/C16H20N4O2/c1-3-16(21)19(2)13-4-5-15-14(8-13)20(6-7-22-15)10-12-9-17-11-18-12/h4-5,8-9,11H,3,6-7,10H2,1-2H3,(H,17,18). The van der Waals surface area contributed by atoms with Crippen molar-refractivity contribution in [1.29, 1.82) is 0 Å². The van der Waals surface area contributed by atoms with Crippen LogP contribution in [0.1, 0.15) is 19.0 Å². The molecule has 0 radical (unpaired) electrons. The van der Waals surface area contributed by atoms with Crippen molar-refractivity contribution in [3.05, 3.63) is 36.4 Å². The Labute approximate surface area is 129 Å². The van der Waals surface area contributed by atoms with Crippen LogP contribution in [0.4, 0.5) is 11.4 Å². The first-order valence-corrected chi connectivity index (χ1v) is 7.44. The third kappa shape index (κ3) is 2.77. The van der Waals surface area contributed by atoms with Gasteiger partial charge in [-0.1, -0.05) is 6.92 Å². The molecule has 0 bridgehead atoms. The number of ether oxygens (including phenoxy) is 1. The van der Waals surface area contributed by atoms with Crippen LogP contribution in [0.3, 0.4) is 0 Å². The Morgan fingerprint density at radius 3 is 3.09 bits per heavy atom. The zero-order valence-corrected chi connectivity index (χ0v) is 12.9. The Balaban J connectivity index is 1.89. The number of H-pyrrole nitrogens is 1. The van der Waals surface area contributed by atoms with Gasteiger partial charge in [-0.25, -0.2) is 4.98 Å². The molecule has 0 saturated heterocycles. The number of hydrogen-bond donors (Lipinski definition) is 1. The minimum absolute atomic E-state index is 0.0943. The van der Waals surface area contributed by atoms with Crippen molar-refractivity contribution in [2.45, 2.75) is 19.9 Å². The number of anilines is 2. The molecule has 116 valence electrons. The van der Waals surface area contributed by atoms with Gasteiger partial charge in [0.15, 0.2) is 0 Å². The van der Waals surface area contributed by atoms with E-state index in [4.69, 9.17) is 4.74 Å². The number of benzene rings is 1. The summed E-state index contributed by atoms with van der Waals surface area (Å²) in [6.45, 7) is 4.07. The quantitative estimate of drug-likeness (QED) is 0.940. The molecule has 3 rings (SSSR count). The zero-order valence-electron chi connectivity index (χ0n) is 12.9. The molecule has 0 atom stereocenters. The van der Waals surface area contributed by atoms with Gasteiger partial charge in [0.1, 0.15) is 12.4 Å². The van der Waals surface area contributed by atoms with Gasteiger partial charge in [0.05, 0.1) is 30.8 Å². The first-order chi connectivity index (χ1) is 10.7. The van der Waals surface area contributed by atoms with Crippen LogP contribution in [0.15, 0.2) is 30.7 Å². The summed E-state index contributed by atoms with van der Waals surface area (Å²) in [5.41, 5.74) is 2.94. The molecule has 2 aromatic rings. The van der Waals surface area contributed by atoms with Crippen molar-refractivity contribution in [1.82, 2.24) is 9.97 Å². The van der Waals surface area contributed by atoms with E-state index in [9.17, 15) is 4.79 Å². The summed E-state index contributed by atoms with van der Waals surface area (Å²) in [6.07, 6.45) is 3.99. The van der Waals surface area contributed by atoms with Crippen LogP contribution in [0, 0.1) is 0 Å². The number of carbonyl (C=O) groups excluding carboxylic acids is 1. The second kappa shape index (κ2) is 6.09. The first kappa shape index (κ1) is 14.4. The Bertz CT molecular complexity index is 654. The molecule has 1 amide bonds. The third-order valence-electron chi connectivity index (χ3n) is 3.88. The van der Waals surface area contributed by atoms with Crippen LogP contribution in [0.5, 0.6) is 5.75 Å². The molecule has 2 heterocycles. The molecule has 0 saturated carbocycles. The smallest absolute Gasteiger partial charge is 0.226 e. The number of fused-ring (bicyclic) bond motifs is 1. The van der Waals surface area contributed by atoms with Gasteiger partial charge in [-0.15, -0.1) is 0 Å². The highest BCUT2D eigenvalue weighted by Crippen LogP contribution is 2.35. The molecule has 0 aliphatic carbocycles. The molecule has 22 heavy (non-hydrogen) atoms. The van der Waals surface area contributed by atoms with E-state index in [-0.39, 0.29) is 5.91 Å². The number of imidazole rings is 1. The molecule has 1 aromatic carbocycles. The minimum Gasteiger partial charge on any atom is -0.490 e. The van der Waals surface area contributed by atoms with Crippen molar-refractivity contribution < 1.29 is 9.53 Å². The lowest BCUT2D eigenvalue weighted by Gasteiger charge is -2.32. The van der Waals surface area contributed by atoms with Gasteiger partial charge in [-0.05, 0) is 18.2 Å². The fourth-order valence-electron chi connectivity index (χ4n) is 2.59. The van der Waals surface area contributed by atoms with E-state index in [0.29, 0.717) is 13.0 Å². The monoisotopic (exact) mass is 300 g/mol. The summed E-state index contributed by atoms with van der Waals surface area (Å²) in [5, 5.41) is 0. The molecule has 1 aromatic heterocycles. The van der Waals surface area contributed by atoms with E-state index in [2.05, 4.69) is 14.9 Å². The van der Waals surface area contributed by atoms with E-state index in [1.54, 1.807) is 18.3 Å². The van der Waals surface area contributed by atoms with Crippen LogP contribution >= 0.6 is 0 Å². The van der Waals surface area contributed by atoms with Crippen LogP contribution in [-0.4, -0.2) is 36.1 Å². The second-order valence-corrected chi connectivity index (χ2v) is 5.31. The largest absolute Gasteiger partial charge is 0.490 e. The van der Waals surface area contributed by atoms with E-state index >= 15 is 0 Å². The Morgan fingerprint density at radius 2 is 2.36 bits per heavy atom. The summed E-state index contributed by atoms with van der Waals surface area (Å²) in [6, 6.07) is 5.87. The van der Waals surface area contributed by atoms with E-state index < -0.39 is 0 Å². The van der Waals surface area contributed by atoms with Crippen molar-refractivity contribution in [3.63, 3.8) is 0 Å². The summed E-state index contributed by atoms with van der Waals surface area (Å²) < 4.78 is 5.72. The second-order valence-electron chi connectivity index (χ2n) is 5.31. The van der Waals surface area contributed by atoms with Crippen LogP contribution in [-0.2, 0) is 11.3 Å². The lowest BCUT2D eigenvalue weighted by molar-refractivity contribution is -0.118. The molecule has 0 spiro atoms. The summed E-state index contributed by atoms with van der Waals surface area (Å²) in [7, 11) is 1.80. The van der Waals surface area contributed by atoms with Gasteiger partial charge >= 0.3 is 0 Å². The average Bonchev–Trinajstić information content (AvgIpc) is 3.06. The highest BCUT2D eigenvalue weighted by atomic mass is 16.5. The van der Waals surface area contributed by atoms with Crippen molar-refractivity contribution in [3.8, 4) is 5.75 Å². The van der Waals surface area contributed by atoms with Gasteiger partial charge in [0, 0.05) is 25.4 Å². The molecule has 6 heteroatoms. The summed E-state index contributed by atoms with van der Waals surface area (Å²) in [4.78, 5) is 23.0. The predicted octanol–water partition coefficient (Wildman–Crippen LogP) is 2.18. The number of carbonyl (C=O) groups is 1. The van der Waals surface area contributed by atoms with E-state index in [0.717, 1.165) is 35.9 Å². The molecule has 6 nitrogen and oxygen atoms in total. The Kier molecular flexibility index (Phi) is 4.00. The summed E-state index contributed by atoms with van der Waals surface area (Å²) in [5.74, 6) is 0.948. The zero-order chi connectivity index (χ0) is 15.5. The number of hydrogen-bond acceptors (Lipinski definition) is 4. The Hall–Kier alpha value is -2.50. The first-order valence-electron chi connectivity index (χ1n) is 7.44. The van der Waals surface area contributed by atoms with Gasteiger partial charge in [0.25, 0.3) is 0 Å². The highest BCUT2D eigenvalue weighted by Gasteiger charge is 2.20. The van der Waals surface area contributed by atoms with Crippen LogP contribution in [0.25, 0.3) is 0 Å². The lowest BCUT2D eigenvalue weighted by Crippen LogP contribution is -2.33. The van der Waals surface area contributed by atoms with Crippen LogP contribution in [0.2, 0.25) is 0 Å². The van der Waals surface area contributed by atoms with Crippen molar-refractivity contribution >= 4 is 17.3 Å². The third-order valence-corrected chi connectivity index (χ3v) is 3.88.